The van der Waals surface area contributed by atoms with Gasteiger partial charge in [0, 0.05) is 38.3 Å². The van der Waals surface area contributed by atoms with E-state index in [0.717, 1.165) is 50.8 Å². The van der Waals surface area contributed by atoms with E-state index in [1.54, 1.807) is 0 Å². The van der Waals surface area contributed by atoms with E-state index in [1.807, 2.05) is 0 Å². The van der Waals surface area contributed by atoms with Crippen molar-refractivity contribution in [3.63, 3.8) is 0 Å². The Kier molecular flexibility index (Phi) is 8.99. The molecule has 0 spiro atoms. The molecule has 2 aliphatic heterocycles. The Labute approximate surface area is 153 Å². The van der Waals surface area contributed by atoms with E-state index in [-0.39, 0.29) is 12.0 Å². The van der Waals surface area contributed by atoms with Gasteiger partial charge in [-0.25, -0.2) is 0 Å². The highest BCUT2D eigenvalue weighted by atomic mass is 16.5. The molecule has 2 unspecified atom stereocenters. The maximum Gasteiger partial charge on any atom is 0.191 e. The van der Waals surface area contributed by atoms with Crippen LogP contribution in [0.4, 0.5) is 0 Å². The lowest BCUT2D eigenvalue weighted by molar-refractivity contribution is 0.131. The third-order valence-electron chi connectivity index (χ3n) is 5.43. The first-order chi connectivity index (χ1) is 12.2. The van der Waals surface area contributed by atoms with E-state index in [1.165, 1.54) is 32.5 Å². The summed E-state index contributed by atoms with van der Waals surface area (Å²) in [5.74, 6) is 1.73. The lowest BCUT2D eigenvalue weighted by Gasteiger charge is -2.30. The van der Waals surface area contributed by atoms with E-state index < -0.39 is 0 Å². The van der Waals surface area contributed by atoms with Crippen LogP contribution in [0.15, 0.2) is 4.99 Å². The minimum Gasteiger partial charge on any atom is -0.396 e. The molecule has 146 valence electrons. The first-order valence-electron chi connectivity index (χ1n) is 10.1. The van der Waals surface area contributed by atoms with E-state index in [0.29, 0.717) is 13.2 Å². The van der Waals surface area contributed by atoms with Crippen molar-refractivity contribution >= 4 is 5.96 Å². The lowest BCUT2D eigenvalue weighted by atomic mass is 9.84. The van der Waals surface area contributed by atoms with Gasteiger partial charge in [0.2, 0.25) is 0 Å². The van der Waals surface area contributed by atoms with Crippen molar-refractivity contribution in [1.82, 2.24) is 15.5 Å². The average molecular weight is 355 g/mol. The van der Waals surface area contributed by atoms with Crippen LogP contribution in [-0.2, 0) is 4.74 Å². The fourth-order valence-electron chi connectivity index (χ4n) is 3.88. The van der Waals surface area contributed by atoms with Crippen molar-refractivity contribution in [2.45, 2.75) is 46.0 Å². The first kappa shape index (κ1) is 20.5. The predicted molar refractivity (Wildman–Crippen MR) is 103 cm³/mol. The molecule has 2 aliphatic rings. The summed E-state index contributed by atoms with van der Waals surface area (Å²) in [4.78, 5) is 7.36. The standard InChI is InChI=1S/C19H38N4O2/c1-3-20-18(22-15-19(7-12-24)8-13-25-16-19)21-9-5-11-23-10-4-6-17(2)14-23/h17,24H,3-16H2,1-2H3,(H2,20,21,22). The Morgan fingerprint density at radius 3 is 2.96 bits per heavy atom. The van der Waals surface area contributed by atoms with Gasteiger partial charge in [-0.2, -0.15) is 0 Å². The van der Waals surface area contributed by atoms with Crippen molar-refractivity contribution in [1.29, 1.82) is 0 Å². The molecule has 0 aromatic carbocycles. The van der Waals surface area contributed by atoms with E-state index >= 15 is 0 Å². The van der Waals surface area contributed by atoms with Gasteiger partial charge in [-0.15, -0.1) is 0 Å². The molecule has 2 fully saturated rings. The smallest absolute Gasteiger partial charge is 0.191 e. The van der Waals surface area contributed by atoms with Crippen LogP contribution in [0.3, 0.4) is 0 Å². The van der Waals surface area contributed by atoms with Crippen LogP contribution in [0.1, 0.15) is 46.0 Å². The summed E-state index contributed by atoms with van der Waals surface area (Å²) in [5.41, 5.74) is 0.0149. The van der Waals surface area contributed by atoms with E-state index in [2.05, 4.69) is 29.4 Å². The van der Waals surface area contributed by atoms with Crippen LogP contribution < -0.4 is 10.6 Å². The molecule has 0 radical (unpaired) electrons. The molecule has 0 aliphatic carbocycles. The third-order valence-corrected chi connectivity index (χ3v) is 5.43. The van der Waals surface area contributed by atoms with Crippen molar-refractivity contribution in [3.05, 3.63) is 0 Å². The van der Waals surface area contributed by atoms with Gasteiger partial charge in [0.1, 0.15) is 0 Å². The minimum absolute atomic E-state index is 0.0149. The van der Waals surface area contributed by atoms with Crippen LogP contribution in [0.2, 0.25) is 0 Å². The third kappa shape index (κ3) is 7.12. The molecular formula is C19H38N4O2. The second kappa shape index (κ2) is 11.0. The highest BCUT2D eigenvalue weighted by Gasteiger charge is 2.34. The van der Waals surface area contributed by atoms with Crippen molar-refractivity contribution in [3.8, 4) is 0 Å². The largest absolute Gasteiger partial charge is 0.396 e. The zero-order valence-electron chi connectivity index (χ0n) is 16.2. The zero-order valence-corrected chi connectivity index (χ0v) is 16.2. The summed E-state index contributed by atoms with van der Waals surface area (Å²) in [6.07, 6.45) is 5.62. The molecule has 0 amide bonds. The normalized spacial score (nSPS) is 28.3. The van der Waals surface area contributed by atoms with Crippen LogP contribution in [0.5, 0.6) is 0 Å². The van der Waals surface area contributed by atoms with Crippen LogP contribution in [0, 0.1) is 11.3 Å². The number of rotatable bonds is 9. The number of ether oxygens (including phenoxy) is 1. The molecule has 6 heteroatoms. The SMILES string of the molecule is CCNC(=NCC1(CCO)CCOC1)NCCCN1CCCC(C)C1. The number of likely N-dealkylation sites (tertiary alicyclic amines) is 1. The molecule has 6 nitrogen and oxygen atoms in total. The quantitative estimate of drug-likeness (QED) is 0.332. The van der Waals surface area contributed by atoms with Crippen LogP contribution in [-0.4, -0.2) is 75.1 Å². The molecule has 2 heterocycles. The molecule has 0 bridgehead atoms. The summed E-state index contributed by atoms with van der Waals surface area (Å²) in [7, 11) is 0. The summed E-state index contributed by atoms with van der Waals surface area (Å²) in [5, 5.41) is 16.1. The number of aliphatic hydroxyl groups is 1. The predicted octanol–water partition coefficient (Wildman–Crippen LogP) is 1.45. The molecule has 2 saturated heterocycles. The van der Waals surface area contributed by atoms with Crippen LogP contribution in [0.25, 0.3) is 0 Å². The Hall–Kier alpha value is -0.850. The molecule has 0 saturated carbocycles. The van der Waals surface area contributed by atoms with Gasteiger partial charge in [-0.1, -0.05) is 6.92 Å². The lowest BCUT2D eigenvalue weighted by Crippen LogP contribution is -2.41. The molecule has 2 atom stereocenters. The van der Waals surface area contributed by atoms with E-state index in [9.17, 15) is 5.11 Å². The Morgan fingerprint density at radius 1 is 1.40 bits per heavy atom. The highest BCUT2D eigenvalue weighted by Crippen LogP contribution is 2.32. The van der Waals surface area contributed by atoms with Gasteiger partial charge in [-0.3, -0.25) is 4.99 Å². The second-order valence-corrected chi connectivity index (χ2v) is 7.80. The van der Waals surface area contributed by atoms with Gasteiger partial charge in [0.25, 0.3) is 0 Å². The number of nitrogens with zero attached hydrogens (tertiary/aromatic N) is 2. The topological polar surface area (TPSA) is 69.1 Å². The Bertz CT molecular complexity index is 397. The number of guanidine groups is 1. The summed E-state index contributed by atoms with van der Waals surface area (Å²) in [6.45, 7) is 12.3. The van der Waals surface area contributed by atoms with Crippen molar-refractivity contribution in [2.24, 2.45) is 16.3 Å². The number of piperidine rings is 1. The number of nitrogens with one attached hydrogen (secondary N) is 2. The monoisotopic (exact) mass is 354 g/mol. The van der Waals surface area contributed by atoms with Gasteiger partial charge < -0.3 is 25.4 Å². The molecular weight excluding hydrogens is 316 g/mol. The maximum absolute atomic E-state index is 9.34. The fraction of sp³-hybridized carbons (Fsp3) is 0.947. The average Bonchev–Trinajstić information content (AvgIpc) is 3.06. The van der Waals surface area contributed by atoms with Gasteiger partial charge in [0.05, 0.1) is 13.2 Å². The number of hydrogen-bond donors (Lipinski definition) is 3. The number of aliphatic hydroxyl groups excluding tert-OH is 1. The summed E-state index contributed by atoms with van der Waals surface area (Å²) >= 11 is 0. The molecule has 3 N–H and O–H groups in total. The molecule has 0 aromatic heterocycles. The highest BCUT2D eigenvalue weighted by molar-refractivity contribution is 5.79. The van der Waals surface area contributed by atoms with Gasteiger partial charge in [0.15, 0.2) is 5.96 Å². The number of hydrogen-bond acceptors (Lipinski definition) is 4. The minimum atomic E-state index is 0.0149. The second-order valence-electron chi connectivity index (χ2n) is 7.80. The maximum atomic E-state index is 9.34. The fourth-order valence-corrected chi connectivity index (χ4v) is 3.88. The molecule has 2 rings (SSSR count). The summed E-state index contributed by atoms with van der Waals surface area (Å²) in [6, 6.07) is 0. The van der Waals surface area contributed by atoms with Crippen LogP contribution >= 0.6 is 0 Å². The van der Waals surface area contributed by atoms with Crippen molar-refractivity contribution < 1.29 is 9.84 Å². The van der Waals surface area contributed by atoms with Gasteiger partial charge >= 0.3 is 0 Å². The number of aliphatic imine (C=N–C) groups is 1. The first-order valence-corrected chi connectivity index (χ1v) is 10.1. The van der Waals surface area contributed by atoms with E-state index in [4.69, 9.17) is 9.73 Å². The summed E-state index contributed by atoms with van der Waals surface area (Å²) < 4.78 is 5.55. The molecule has 25 heavy (non-hydrogen) atoms. The molecule has 0 aromatic rings. The zero-order chi connectivity index (χ0) is 18.0. The van der Waals surface area contributed by atoms with Gasteiger partial charge in [-0.05, 0) is 58.0 Å². The Balaban J connectivity index is 1.73. The van der Waals surface area contributed by atoms with Crippen molar-refractivity contribution in [2.75, 3.05) is 59.1 Å². The Morgan fingerprint density at radius 2 is 2.28 bits per heavy atom.